The van der Waals surface area contributed by atoms with E-state index >= 15 is 0 Å². The summed E-state index contributed by atoms with van der Waals surface area (Å²) in [5.41, 5.74) is 8.37. The number of carbonyl (C=O) groups excluding carboxylic acids is 1. The maximum absolute atomic E-state index is 11.2. The molecule has 0 aliphatic heterocycles. The van der Waals surface area contributed by atoms with Crippen molar-refractivity contribution in [2.24, 2.45) is 5.34 Å². The molecule has 0 amide bonds. The van der Waals surface area contributed by atoms with Crippen molar-refractivity contribution in [1.82, 2.24) is 0 Å². The van der Waals surface area contributed by atoms with Crippen LogP contribution in [0.4, 0.5) is 0 Å². The van der Waals surface area contributed by atoms with Crippen LogP contribution in [-0.4, -0.2) is 12.7 Å². The number of nitrogens with zero attached hydrogens (tertiary/aromatic N) is 1. The first-order valence-electron chi connectivity index (χ1n) is 5.00. The van der Waals surface area contributed by atoms with Crippen molar-refractivity contribution in [1.29, 1.82) is 0 Å². The maximum Gasteiger partial charge on any atom is 0.212 e. The molecule has 0 aromatic heterocycles. The molecule has 22 heavy (non-hydrogen) atoms. The molecule has 116 valence electrons. The van der Waals surface area contributed by atoms with Crippen LogP contribution in [0.1, 0.15) is 11.1 Å². The van der Waals surface area contributed by atoms with Crippen molar-refractivity contribution in [3.05, 3.63) is 40.5 Å². The van der Waals surface area contributed by atoms with Crippen molar-refractivity contribution in [2.45, 2.75) is 13.8 Å². The first-order chi connectivity index (χ1) is 8.58. The molecule has 1 N–H and O–H groups in total. The summed E-state index contributed by atoms with van der Waals surface area (Å²) in [4.78, 5) is 24.8. The molecule has 0 saturated heterocycles. The van der Waals surface area contributed by atoms with Crippen LogP contribution in [-0.2, 0) is 50.5 Å². The predicted molar refractivity (Wildman–Crippen MR) is 62.5 cm³/mol. The van der Waals surface area contributed by atoms with E-state index in [4.69, 9.17) is 15.2 Å². The first kappa shape index (κ1) is 27.4. The molecular weight excluding hydrogens is 1150 g/mol. The third-order valence-corrected chi connectivity index (χ3v) is 2.10. The van der Waals surface area contributed by atoms with E-state index in [1.165, 1.54) is 0 Å². The quantitative estimate of drug-likeness (QED) is 0.144. The minimum atomic E-state index is -0.841. The minimum Gasteiger partial charge on any atom is -0.644 e. The van der Waals surface area contributed by atoms with Gasteiger partial charge in [-0.05, 0) is 43.8 Å². The fourth-order valence-electron chi connectivity index (χ4n) is 1.30. The molecule has 11 heteroatoms. The van der Waals surface area contributed by atoms with Gasteiger partial charge >= 0.3 is 0 Å². The van der Waals surface area contributed by atoms with E-state index in [1.807, 2.05) is 5.34 Å². The van der Waals surface area contributed by atoms with Crippen LogP contribution in [0, 0.1) is 25.4 Å². The van der Waals surface area contributed by atoms with Gasteiger partial charge in [-0.1, -0.05) is 6.61 Å². The molecule has 7 nitrogen and oxygen atoms in total. The summed E-state index contributed by atoms with van der Waals surface area (Å²) in [6.45, 7) is 3.86. The average molecular weight is 1160 g/mol. The second-order valence-electron chi connectivity index (χ2n) is 3.39. The first-order valence-corrected chi connectivity index (χ1v) is 5.00. The van der Waals surface area contributed by atoms with Crippen molar-refractivity contribution in [3.8, 4) is 11.5 Å². The molecule has 0 heterocycles. The van der Waals surface area contributed by atoms with E-state index in [1.54, 1.807) is 26.0 Å². The Balaban J connectivity index is -0.000000405. The molecule has 0 fully saturated rings. The van der Waals surface area contributed by atoms with Gasteiger partial charge in [-0.3, -0.25) is 4.79 Å². The van der Waals surface area contributed by atoms with E-state index in [0.717, 1.165) is 5.56 Å². The third-order valence-electron chi connectivity index (χ3n) is 2.10. The number of ether oxygens (including phenoxy) is 2. The monoisotopic (exact) mass is 1160 g/mol. The molecule has 0 saturated carbocycles. The molecule has 0 aliphatic carbocycles. The van der Waals surface area contributed by atoms with Crippen LogP contribution in [0.2, 0.25) is 0 Å². The Morgan fingerprint density at radius 1 is 1.18 bits per heavy atom. The summed E-state index contributed by atoms with van der Waals surface area (Å²) < 4.78 is 10.0. The van der Waals surface area contributed by atoms with Gasteiger partial charge in [0.25, 0.3) is 0 Å². The molecular formula is C11H12N2O5Re2Rf2-2. The molecule has 0 bridgehead atoms. The van der Waals surface area contributed by atoms with Crippen molar-refractivity contribution in [2.75, 3.05) is 6.73 Å². The molecule has 1 aromatic carbocycles. The van der Waals surface area contributed by atoms with Gasteiger partial charge < -0.3 is 20.0 Å². The number of carbonyl (C=O) groups is 1. The van der Waals surface area contributed by atoms with E-state index in [2.05, 4.69) is 4.84 Å². The number of aryl methyl sites for hydroxylation is 2. The van der Waals surface area contributed by atoms with Gasteiger partial charge in [0, 0.05) is 40.8 Å². The van der Waals surface area contributed by atoms with Gasteiger partial charge in [-0.15, -0.1) is 4.91 Å². The summed E-state index contributed by atoms with van der Waals surface area (Å²) in [7, 11) is 0. The Morgan fingerprint density at radius 3 is 2.18 bits per heavy atom. The summed E-state index contributed by atoms with van der Waals surface area (Å²) in [5.74, 6) is 0.0314. The van der Waals surface area contributed by atoms with E-state index < -0.39 is 5.97 Å². The van der Waals surface area contributed by atoms with Crippen molar-refractivity contribution < 1.29 is 60.0 Å². The molecule has 1 rings (SSSR count). The second kappa shape index (κ2) is 13.0. The summed E-state index contributed by atoms with van der Waals surface area (Å²) in [6, 6.07) is 3.26. The Morgan fingerprint density at radius 2 is 1.68 bits per heavy atom. The van der Waals surface area contributed by atoms with Crippen molar-refractivity contribution in [3.63, 3.8) is 0 Å². The minimum absolute atomic E-state index is 0. The zero-order chi connectivity index (χ0) is 13.5. The second-order valence-corrected chi connectivity index (χ2v) is 3.39. The SMILES string of the molecule is Cc1cc(OC(=O)[CH-]ON=O)c(C)cc1OC[NH-].[Re].[Re].[Rf].[Rf]. The number of hydrogen-bond donors (Lipinski definition) is 0. The predicted octanol–water partition coefficient (Wildman–Crippen LogP) is 2.45. The van der Waals surface area contributed by atoms with E-state index in [9.17, 15) is 9.70 Å². The number of hydrogen-bond acceptors (Lipinski definition) is 6. The number of rotatable bonds is 6. The van der Waals surface area contributed by atoms with Crippen LogP contribution in [0.3, 0.4) is 0 Å². The fourth-order valence-corrected chi connectivity index (χ4v) is 1.30. The summed E-state index contributed by atoms with van der Waals surface area (Å²) in [6.07, 6.45) is 0. The molecule has 0 unspecified atom stereocenters. The van der Waals surface area contributed by atoms with Crippen LogP contribution >= 0.6 is 0 Å². The molecule has 2 radical (unpaired) electrons. The Bertz CT molecular complexity index is 466. The molecule has 1 aromatic rings. The van der Waals surface area contributed by atoms with Gasteiger partial charge in [0.1, 0.15) is 16.8 Å². The van der Waals surface area contributed by atoms with E-state index in [0.29, 0.717) is 23.7 Å². The zero-order valence-corrected chi connectivity index (χ0v) is 30.3. The van der Waals surface area contributed by atoms with Gasteiger partial charge in [-0.25, -0.2) is 0 Å². The van der Waals surface area contributed by atoms with Gasteiger partial charge in [0.05, 0.1) is 0 Å². The Hall–Kier alpha value is -2.96. The molecule has 0 aliphatic rings. The number of nitrogens with one attached hydrogen (secondary N) is 1. The van der Waals surface area contributed by atoms with Gasteiger partial charge in [0.2, 0.25) is 5.97 Å². The Labute approximate surface area is 143 Å². The molecule has 0 atom stereocenters. The third kappa shape index (κ3) is 7.59. The van der Waals surface area contributed by atoms with Crippen LogP contribution < -0.4 is 9.47 Å². The summed E-state index contributed by atoms with van der Waals surface area (Å²) >= 11 is 0. The normalized spacial score (nSPS) is 7.77. The fraction of sp³-hybridized carbons (Fsp3) is 0.273. The summed E-state index contributed by atoms with van der Waals surface area (Å²) in [5, 5.41) is 2.05. The smallest absolute Gasteiger partial charge is 0.212 e. The maximum atomic E-state index is 11.2. The number of benzene rings is 1. The van der Waals surface area contributed by atoms with Crippen molar-refractivity contribution >= 4 is 5.97 Å². The Kier molecular flexibility index (Phi) is 16.2. The topological polar surface area (TPSA) is 98.0 Å². The molecule has 0 spiro atoms. The van der Waals surface area contributed by atoms with E-state index in [-0.39, 0.29) is 47.6 Å². The van der Waals surface area contributed by atoms with Crippen LogP contribution in [0.25, 0.3) is 5.73 Å². The van der Waals surface area contributed by atoms with Gasteiger partial charge in [-0.2, -0.15) is 0 Å². The number of esters is 1. The van der Waals surface area contributed by atoms with Gasteiger partial charge in [0.15, 0.2) is 0 Å². The zero-order valence-electron chi connectivity index (χ0n) is 12.1. The standard InChI is InChI=1S/C11H12N2O5.2Re.2Rf/c1-7-4-10(18-11(14)5-17-13-15)8(2)3-9(7)16-6-12;;;;/h3-5,12H,6H2,1-2H3;;;;/q-2;;;;. The van der Waals surface area contributed by atoms with Crippen LogP contribution in [0.15, 0.2) is 17.5 Å². The largest absolute Gasteiger partial charge is 0.644 e. The van der Waals surface area contributed by atoms with Crippen LogP contribution in [0.5, 0.6) is 11.5 Å². The average Bonchev–Trinajstić information content (AvgIpc) is 2.33.